The van der Waals surface area contributed by atoms with Crippen LogP contribution in [0.15, 0.2) is 18.5 Å². The third-order valence-corrected chi connectivity index (χ3v) is 2.53. The second-order valence-electron chi connectivity index (χ2n) is 3.96. The van der Waals surface area contributed by atoms with Crippen molar-refractivity contribution in [1.82, 2.24) is 10.3 Å². The van der Waals surface area contributed by atoms with Gasteiger partial charge < -0.3 is 15.7 Å². The zero-order valence-electron chi connectivity index (χ0n) is 10.0. The van der Waals surface area contributed by atoms with Crippen LogP contribution in [-0.4, -0.2) is 27.6 Å². The van der Waals surface area contributed by atoms with Crippen molar-refractivity contribution in [2.24, 2.45) is 0 Å². The van der Waals surface area contributed by atoms with Gasteiger partial charge in [-0.2, -0.15) is 0 Å². The average Bonchev–Trinajstić information content (AvgIpc) is 2.28. The third-order valence-electron chi connectivity index (χ3n) is 2.53. The van der Waals surface area contributed by atoms with Crippen LogP contribution >= 0.6 is 0 Å². The minimum absolute atomic E-state index is 0.149. The number of anilines is 1. The van der Waals surface area contributed by atoms with E-state index in [4.69, 9.17) is 5.11 Å². The molecule has 0 bridgehead atoms. The number of nitrogens with zero attached hydrogens (tertiary/aromatic N) is 1. The molecule has 0 aromatic carbocycles. The third kappa shape index (κ3) is 3.41. The van der Waals surface area contributed by atoms with Crippen LogP contribution in [0.2, 0.25) is 0 Å². The predicted octanol–water partition coefficient (Wildman–Crippen LogP) is 1.60. The number of aliphatic carboxylic acids is 1. The molecule has 3 N–H and O–H groups in total. The maximum absolute atomic E-state index is 12.8. The topological polar surface area (TPSA) is 91.3 Å². The van der Waals surface area contributed by atoms with Gasteiger partial charge in [0.05, 0.1) is 18.1 Å². The Morgan fingerprint density at radius 2 is 2.17 bits per heavy atom. The van der Waals surface area contributed by atoms with Gasteiger partial charge in [0.25, 0.3) is 0 Å². The van der Waals surface area contributed by atoms with Crippen molar-refractivity contribution < 1.29 is 19.1 Å². The van der Waals surface area contributed by atoms with Crippen LogP contribution in [0, 0.1) is 5.82 Å². The summed E-state index contributed by atoms with van der Waals surface area (Å²) in [7, 11) is 0. The van der Waals surface area contributed by atoms with E-state index < -0.39 is 23.4 Å². The van der Waals surface area contributed by atoms with Crippen LogP contribution in [0.25, 0.3) is 0 Å². The largest absolute Gasteiger partial charge is 0.480 e. The normalized spacial score (nSPS) is 13.5. The second kappa shape index (κ2) is 5.44. The maximum Gasteiger partial charge on any atom is 0.329 e. The maximum atomic E-state index is 12.8. The van der Waals surface area contributed by atoms with E-state index in [2.05, 4.69) is 15.6 Å². The molecular weight excluding hydrogens is 241 g/mol. The van der Waals surface area contributed by atoms with E-state index in [0.717, 1.165) is 12.3 Å². The summed E-state index contributed by atoms with van der Waals surface area (Å²) in [6.45, 7) is 3.02. The summed E-state index contributed by atoms with van der Waals surface area (Å²) in [6.07, 6.45) is 2.47. The summed E-state index contributed by atoms with van der Waals surface area (Å²) in [5.74, 6) is -1.73. The number of carbonyl (C=O) groups excluding carboxylic acids is 1. The van der Waals surface area contributed by atoms with E-state index in [-0.39, 0.29) is 12.1 Å². The molecule has 0 fully saturated rings. The quantitative estimate of drug-likeness (QED) is 0.762. The van der Waals surface area contributed by atoms with E-state index in [1.807, 2.05) is 0 Å². The Hall–Kier alpha value is -2.18. The molecule has 1 unspecified atom stereocenters. The first kappa shape index (κ1) is 13.9. The Morgan fingerprint density at radius 1 is 1.50 bits per heavy atom. The molecule has 2 amide bonds. The molecule has 98 valence electrons. The van der Waals surface area contributed by atoms with Gasteiger partial charge in [-0.25, -0.2) is 14.0 Å². The van der Waals surface area contributed by atoms with Crippen LogP contribution in [0.4, 0.5) is 14.9 Å². The van der Waals surface area contributed by atoms with Crippen molar-refractivity contribution in [3.05, 3.63) is 24.3 Å². The molecule has 0 aliphatic heterocycles. The first-order valence-electron chi connectivity index (χ1n) is 5.30. The van der Waals surface area contributed by atoms with Crippen molar-refractivity contribution in [2.45, 2.75) is 25.8 Å². The van der Waals surface area contributed by atoms with Crippen LogP contribution < -0.4 is 10.6 Å². The fourth-order valence-corrected chi connectivity index (χ4v) is 1.19. The lowest BCUT2D eigenvalue weighted by Crippen LogP contribution is -2.53. The molecule has 0 saturated heterocycles. The lowest BCUT2D eigenvalue weighted by Gasteiger charge is -2.24. The van der Waals surface area contributed by atoms with E-state index >= 15 is 0 Å². The Balaban J connectivity index is 2.70. The number of carboxylic acid groups (broad SMARTS) is 1. The van der Waals surface area contributed by atoms with Gasteiger partial charge in [0.2, 0.25) is 0 Å². The monoisotopic (exact) mass is 255 g/mol. The highest BCUT2D eigenvalue weighted by atomic mass is 19.1. The van der Waals surface area contributed by atoms with Gasteiger partial charge in [-0.05, 0) is 13.3 Å². The van der Waals surface area contributed by atoms with Crippen LogP contribution in [0.3, 0.4) is 0 Å². The summed E-state index contributed by atoms with van der Waals surface area (Å²) in [5.41, 5.74) is -1.22. The Morgan fingerprint density at radius 3 is 2.67 bits per heavy atom. The standard InChI is InChI=1S/C11H14FN3O3/c1-3-11(2,9(16)17)15-10(18)14-8-4-7(12)5-13-6-8/h4-6H,3H2,1-2H3,(H,16,17)(H2,14,15,18). The molecule has 1 aromatic heterocycles. The summed E-state index contributed by atoms with van der Waals surface area (Å²) in [4.78, 5) is 26.1. The summed E-state index contributed by atoms with van der Waals surface area (Å²) < 4.78 is 12.8. The van der Waals surface area contributed by atoms with Gasteiger partial charge in [0.15, 0.2) is 0 Å². The number of pyridine rings is 1. The van der Waals surface area contributed by atoms with Crippen LogP contribution in [-0.2, 0) is 4.79 Å². The number of urea groups is 1. The fraction of sp³-hybridized carbons (Fsp3) is 0.364. The number of carboxylic acids is 1. The minimum atomic E-state index is -1.37. The molecule has 0 radical (unpaired) electrons. The Bertz CT molecular complexity index is 467. The molecule has 6 nitrogen and oxygen atoms in total. The van der Waals surface area contributed by atoms with Gasteiger partial charge in [-0.3, -0.25) is 4.98 Å². The first-order chi connectivity index (χ1) is 8.37. The van der Waals surface area contributed by atoms with Crippen molar-refractivity contribution in [3.63, 3.8) is 0 Å². The van der Waals surface area contributed by atoms with E-state index in [0.29, 0.717) is 0 Å². The Kier molecular flexibility index (Phi) is 4.19. The van der Waals surface area contributed by atoms with Crippen LogP contribution in [0.1, 0.15) is 20.3 Å². The van der Waals surface area contributed by atoms with Crippen molar-refractivity contribution >= 4 is 17.7 Å². The minimum Gasteiger partial charge on any atom is -0.480 e. The lowest BCUT2D eigenvalue weighted by atomic mass is 10.00. The first-order valence-corrected chi connectivity index (χ1v) is 5.30. The summed E-state index contributed by atoms with van der Waals surface area (Å²) in [5, 5.41) is 13.6. The van der Waals surface area contributed by atoms with Gasteiger partial charge in [-0.15, -0.1) is 0 Å². The molecular formula is C11H14FN3O3. The zero-order chi connectivity index (χ0) is 13.8. The average molecular weight is 255 g/mol. The highest BCUT2D eigenvalue weighted by Gasteiger charge is 2.32. The zero-order valence-corrected chi connectivity index (χ0v) is 10.0. The molecule has 1 rings (SSSR count). The fourth-order valence-electron chi connectivity index (χ4n) is 1.19. The van der Waals surface area contributed by atoms with Crippen LogP contribution in [0.5, 0.6) is 0 Å². The van der Waals surface area contributed by atoms with E-state index in [1.54, 1.807) is 6.92 Å². The van der Waals surface area contributed by atoms with Crippen molar-refractivity contribution in [3.8, 4) is 0 Å². The van der Waals surface area contributed by atoms with Gasteiger partial charge in [-0.1, -0.05) is 6.92 Å². The van der Waals surface area contributed by atoms with Gasteiger partial charge >= 0.3 is 12.0 Å². The molecule has 0 aliphatic carbocycles. The summed E-state index contributed by atoms with van der Waals surface area (Å²) in [6, 6.07) is 0.352. The summed E-state index contributed by atoms with van der Waals surface area (Å²) >= 11 is 0. The van der Waals surface area contributed by atoms with E-state index in [1.165, 1.54) is 13.1 Å². The molecule has 0 spiro atoms. The van der Waals surface area contributed by atoms with Crippen molar-refractivity contribution in [2.75, 3.05) is 5.32 Å². The number of halogens is 1. The SMILES string of the molecule is CCC(C)(NC(=O)Nc1cncc(F)c1)C(=O)O. The Labute approximate surface area is 103 Å². The number of nitrogens with one attached hydrogen (secondary N) is 2. The van der Waals surface area contributed by atoms with Gasteiger partial charge in [0, 0.05) is 6.07 Å². The number of carbonyl (C=O) groups is 2. The number of hydrogen-bond acceptors (Lipinski definition) is 3. The van der Waals surface area contributed by atoms with Gasteiger partial charge in [0.1, 0.15) is 11.4 Å². The smallest absolute Gasteiger partial charge is 0.329 e. The molecule has 0 aliphatic rings. The second-order valence-corrected chi connectivity index (χ2v) is 3.96. The molecule has 0 saturated carbocycles. The highest BCUT2D eigenvalue weighted by Crippen LogP contribution is 2.11. The number of amides is 2. The number of rotatable bonds is 4. The van der Waals surface area contributed by atoms with E-state index in [9.17, 15) is 14.0 Å². The van der Waals surface area contributed by atoms with Crippen molar-refractivity contribution in [1.29, 1.82) is 0 Å². The molecule has 1 heterocycles. The predicted molar refractivity (Wildman–Crippen MR) is 62.7 cm³/mol. The molecule has 1 aromatic rings. The number of hydrogen-bond donors (Lipinski definition) is 3. The molecule has 7 heteroatoms. The number of aromatic nitrogens is 1. The lowest BCUT2D eigenvalue weighted by molar-refractivity contribution is -0.143. The molecule has 18 heavy (non-hydrogen) atoms. The molecule has 1 atom stereocenters. The highest BCUT2D eigenvalue weighted by molar-refractivity contribution is 5.93.